The van der Waals surface area contributed by atoms with E-state index in [4.69, 9.17) is 11.6 Å². The highest BCUT2D eigenvalue weighted by Crippen LogP contribution is 2.09. The molecule has 0 aromatic rings. The van der Waals surface area contributed by atoms with Crippen LogP contribution >= 0.6 is 11.6 Å². The number of rotatable bonds is 4. The Morgan fingerprint density at radius 2 is 2.30 bits per heavy atom. The SMILES string of the molecule is CCC(C/C=C/Cl)C(C)=O. The Labute approximate surface area is 67.1 Å². The molecule has 0 radical (unpaired) electrons. The van der Waals surface area contributed by atoms with Gasteiger partial charge in [0.1, 0.15) is 5.78 Å². The summed E-state index contributed by atoms with van der Waals surface area (Å²) in [6.45, 7) is 3.63. The maximum atomic E-state index is 10.8. The smallest absolute Gasteiger partial charge is 0.133 e. The van der Waals surface area contributed by atoms with Crippen LogP contribution in [0.1, 0.15) is 26.7 Å². The zero-order valence-electron chi connectivity index (χ0n) is 6.43. The molecule has 0 rings (SSSR count). The van der Waals surface area contributed by atoms with Gasteiger partial charge < -0.3 is 0 Å². The fourth-order valence-corrected chi connectivity index (χ4v) is 0.939. The van der Waals surface area contributed by atoms with Crippen molar-refractivity contribution in [2.75, 3.05) is 0 Å². The molecule has 10 heavy (non-hydrogen) atoms. The molecule has 1 atom stereocenters. The number of hydrogen-bond donors (Lipinski definition) is 0. The van der Waals surface area contributed by atoms with E-state index in [-0.39, 0.29) is 11.7 Å². The number of ketones is 1. The maximum Gasteiger partial charge on any atom is 0.133 e. The average molecular weight is 161 g/mol. The highest BCUT2D eigenvalue weighted by Gasteiger charge is 2.08. The summed E-state index contributed by atoms with van der Waals surface area (Å²) in [6.07, 6.45) is 3.49. The predicted molar refractivity (Wildman–Crippen MR) is 44.1 cm³/mol. The van der Waals surface area contributed by atoms with E-state index in [0.29, 0.717) is 0 Å². The second-order valence-corrected chi connectivity index (χ2v) is 2.57. The van der Waals surface area contributed by atoms with E-state index in [0.717, 1.165) is 12.8 Å². The molecule has 0 fully saturated rings. The van der Waals surface area contributed by atoms with Crippen LogP contribution in [0.25, 0.3) is 0 Å². The highest BCUT2D eigenvalue weighted by atomic mass is 35.5. The summed E-state index contributed by atoms with van der Waals surface area (Å²) in [5, 5.41) is 0. The predicted octanol–water partition coefficient (Wildman–Crippen LogP) is 2.74. The summed E-state index contributed by atoms with van der Waals surface area (Å²) < 4.78 is 0. The van der Waals surface area contributed by atoms with Crippen molar-refractivity contribution in [3.05, 3.63) is 11.6 Å². The van der Waals surface area contributed by atoms with Crippen molar-refractivity contribution >= 4 is 17.4 Å². The fourth-order valence-electron chi connectivity index (χ4n) is 0.836. The molecule has 0 aliphatic rings. The van der Waals surface area contributed by atoms with Crippen molar-refractivity contribution in [2.45, 2.75) is 26.7 Å². The molecule has 0 heterocycles. The van der Waals surface area contributed by atoms with Crippen molar-refractivity contribution in [3.63, 3.8) is 0 Å². The first-order valence-electron chi connectivity index (χ1n) is 3.48. The van der Waals surface area contributed by atoms with Gasteiger partial charge in [0.15, 0.2) is 0 Å². The second kappa shape index (κ2) is 5.48. The van der Waals surface area contributed by atoms with E-state index in [1.165, 1.54) is 5.54 Å². The second-order valence-electron chi connectivity index (χ2n) is 2.31. The Kier molecular flexibility index (Phi) is 5.32. The van der Waals surface area contributed by atoms with Crippen molar-refractivity contribution in [2.24, 2.45) is 5.92 Å². The van der Waals surface area contributed by atoms with Crippen LogP contribution in [0.5, 0.6) is 0 Å². The zero-order valence-corrected chi connectivity index (χ0v) is 7.19. The molecule has 0 saturated heterocycles. The van der Waals surface area contributed by atoms with Gasteiger partial charge in [0.05, 0.1) is 0 Å². The molecular weight excluding hydrogens is 148 g/mol. The van der Waals surface area contributed by atoms with Gasteiger partial charge in [-0.2, -0.15) is 0 Å². The van der Waals surface area contributed by atoms with Crippen molar-refractivity contribution in [3.8, 4) is 0 Å². The van der Waals surface area contributed by atoms with Gasteiger partial charge in [-0.3, -0.25) is 4.79 Å². The van der Waals surface area contributed by atoms with E-state index in [9.17, 15) is 4.79 Å². The third kappa shape index (κ3) is 3.67. The van der Waals surface area contributed by atoms with Gasteiger partial charge in [-0.25, -0.2) is 0 Å². The van der Waals surface area contributed by atoms with Gasteiger partial charge in [0.2, 0.25) is 0 Å². The van der Waals surface area contributed by atoms with Gasteiger partial charge in [-0.05, 0) is 19.8 Å². The van der Waals surface area contributed by atoms with Crippen LogP contribution in [0.2, 0.25) is 0 Å². The van der Waals surface area contributed by atoms with E-state index < -0.39 is 0 Å². The van der Waals surface area contributed by atoms with Gasteiger partial charge in [-0.1, -0.05) is 24.6 Å². The molecule has 0 bridgehead atoms. The molecule has 0 aromatic carbocycles. The number of Topliss-reactive ketones (excluding diaryl/α,β-unsaturated/α-hetero) is 1. The number of hydrogen-bond acceptors (Lipinski definition) is 1. The Morgan fingerprint density at radius 1 is 1.70 bits per heavy atom. The molecule has 1 nitrogen and oxygen atoms in total. The van der Waals surface area contributed by atoms with Crippen LogP contribution in [0.4, 0.5) is 0 Å². The first-order valence-corrected chi connectivity index (χ1v) is 3.91. The van der Waals surface area contributed by atoms with E-state index in [2.05, 4.69) is 0 Å². The van der Waals surface area contributed by atoms with Crippen LogP contribution in [-0.2, 0) is 4.79 Å². The summed E-state index contributed by atoms with van der Waals surface area (Å²) in [4.78, 5) is 10.8. The highest BCUT2D eigenvalue weighted by molar-refractivity contribution is 6.25. The van der Waals surface area contributed by atoms with E-state index in [1.54, 1.807) is 6.92 Å². The molecule has 0 amide bonds. The lowest BCUT2D eigenvalue weighted by atomic mass is 9.99. The van der Waals surface area contributed by atoms with Crippen molar-refractivity contribution in [1.29, 1.82) is 0 Å². The molecular formula is C8H13ClO. The summed E-state index contributed by atoms with van der Waals surface area (Å²) in [5.74, 6) is 0.410. The van der Waals surface area contributed by atoms with Gasteiger partial charge in [-0.15, -0.1) is 0 Å². The van der Waals surface area contributed by atoms with Gasteiger partial charge in [0, 0.05) is 11.5 Å². The number of carbonyl (C=O) groups is 1. The molecule has 0 aliphatic carbocycles. The lowest BCUT2D eigenvalue weighted by molar-refractivity contribution is -0.120. The topological polar surface area (TPSA) is 17.1 Å². The van der Waals surface area contributed by atoms with Crippen molar-refractivity contribution < 1.29 is 4.79 Å². The standard InChI is InChI=1S/C8H13ClO/c1-3-8(7(2)10)5-4-6-9/h4,6,8H,3,5H2,1-2H3/b6-4+. The van der Waals surface area contributed by atoms with Gasteiger partial charge >= 0.3 is 0 Å². The average Bonchev–Trinajstić information content (AvgIpc) is 1.89. The first kappa shape index (κ1) is 9.70. The summed E-state index contributed by atoms with van der Waals surface area (Å²) in [6, 6.07) is 0. The summed E-state index contributed by atoms with van der Waals surface area (Å²) >= 11 is 5.32. The first-order chi connectivity index (χ1) is 4.72. The Hall–Kier alpha value is -0.300. The monoisotopic (exact) mass is 160 g/mol. The molecule has 0 N–H and O–H groups in total. The minimum Gasteiger partial charge on any atom is -0.300 e. The lowest BCUT2D eigenvalue weighted by Crippen LogP contribution is -2.07. The zero-order chi connectivity index (χ0) is 7.98. The minimum absolute atomic E-state index is 0.162. The summed E-state index contributed by atoms with van der Waals surface area (Å²) in [5.41, 5.74) is 1.46. The molecule has 0 spiro atoms. The lowest BCUT2D eigenvalue weighted by Gasteiger charge is -2.05. The number of halogens is 1. The summed E-state index contributed by atoms with van der Waals surface area (Å²) in [7, 11) is 0. The Balaban J connectivity index is 3.71. The van der Waals surface area contributed by atoms with E-state index >= 15 is 0 Å². The van der Waals surface area contributed by atoms with Crippen LogP contribution in [0.15, 0.2) is 11.6 Å². The molecule has 0 aromatic heterocycles. The normalized spacial score (nSPS) is 13.9. The maximum absolute atomic E-state index is 10.8. The van der Waals surface area contributed by atoms with Crippen LogP contribution in [0.3, 0.4) is 0 Å². The fraction of sp³-hybridized carbons (Fsp3) is 0.625. The Morgan fingerprint density at radius 3 is 2.60 bits per heavy atom. The molecule has 58 valence electrons. The molecule has 1 unspecified atom stereocenters. The van der Waals surface area contributed by atoms with Crippen LogP contribution in [-0.4, -0.2) is 5.78 Å². The largest absolute Gasteiger partial charge is 0.300 e. The van der Waals surface area contributed by atoms with Crippen molar-refractivity contribution in [1.82, 2.24) is 0 Å². The van der Waals surface area contributed by atoms with E-state index in [1.807, 2.05) is 13.0 Å². The van der Waals surface area contributed by atoms with Crippen LogP contribution < -0.4 is 0 Å². The van der Waals surface area contributed by atoms with Gasteiger partial charge in [0.25, 0.3) is 0 Å². The third-order valence-corrected chi connectivity index (χ3v) is 1.76. The third-order valence-electron chi connectivity index (χ3n) is 1.58. The molecule has 2 heteroatoms. The number of carbonyl (C=O) groups excluding carboxylic acids is 1. The number of allylic oxidation sites excluding steroid dienone is 1. The quantitative estimate of drug-likeness (QED) is 0.618. The molecule has 0 saturated carbocycles. The van der Waals surface area contributed by atoms with Crippen LogP contribution in [0, 0.1) is 5.92 Å². The minimum atomic E-state index is 0.162. The Bertz CT molecular complexity index is 129. The molecule has 0 aliphatic heterocycles.